The lowest BCUT2D eigenvalue weighted by Crippen LogP contribution is -2.26. The van der Waals surface area contributed by atoms with Gasteiger partial charge in [-0.25, -0.2) is 4.79 Å². The van der Waals surface area contributed by atoms with E-state index in [0.717, 1.165) is 6.92 Å². The smallest absolute Gasteiger partial charge is 0.441 e. The summed E-state index contributed by atoms with van der Waals surface area (Å²) in [5, 5.41) is 0. The summed E-state index contributed by atoms with van der Waals surface area (Å²) in [6.45, 7) is 2.93. The average Bonchev–Trinajstić information content (AvgIpc) is 2.79. The van der Waals surface area contributed by atoms with E-state index in [1.54, 1.807) is 6.07 Å². The van der Waals surface area contributed by atoms with E-state index in [-0.39, 0.29) is 0 Å². The normalized spacial score (nSPS) is 11.4. The Bertz CT molecular complexity index is 458. The van der Waals surface area contributed by atoms with E-state index < -0.39 is 23.6 Å². The number of ether oxygens (including phenoxy) is 1. The molecular weight excluding hydrogens is 224 g/mol. The highest BCUT2D eigenvalue weighted by Gasteiger charge is 2.30. The number of hydrogen-bond acceptors (Lipinski definition) is 4. The second-order valence-corrected chi connectivity index (χ2v) is 3.36. The van der Waals surface area contributed by atoms with Crippen LogP contribution >= 0.6 is 0 Å². The number of furan rings is 1. The number of hydrogen-bond donors (Lipinski definition) is 0. The highest BCUT2D eigenvalue weighted by molar-refractivity contribution is 6.61. The molecule has 0 saturated carbocycles. The molecule has 1 unspecified atom stereocenters. The zero-order valence-corrected chi connectivity index (χ0v) is 9.54. The molecule has 0 aliphatic rings. The summed E-state index contributed by atoms with van der Waals surface area (Å²) in [5.74, 6) is -1.60. The maximum Gasteiger partial charge on any atom is 0.441 e. The molecule has 0 aromatic carbocycles. The Hall–Kier alpha value is -2.20. The summed E-state index contributed by atoms with van der Waals surface area (Å²) in [6.07, 6.45) is 2.89. The van der Waals surface area contributed by atoms with Crippen molar-refractivity contribution in [3.63, 3.8) is 0 Å². The predicted molar refractivity (Wildman–Crippen MR) is 57.1 cm³/mol. The molecule has 1 atom stereocenters. The third-order valence-corrected chi connectivity index (χ3v) is 2.16. The van der Waals surface area contributed by atoms with Crippen LogP contribution in [0, 0.1) is 0 Å². The van der Waals surface area contributed by atoms with Crippen LogP contribution in [0.25, 0.3) is 5.53 Å². The molecule has 1 rings (SSSR count). The van der Waals surface area contributed by atoms with E-state index in [1.165, 1.54) is 12.5 Å². The van der Waals surface area contributed by atoms with E-state index in [4.69, 9.17) is 14.7 Å². The molecule has 1 aromatic heterocycles. The molecule has 17 heavy (non-hydrogen) atoms. The summed E-state index contributed by atoms with van der Waals surface area (Å²) in [6, 6.07) is 1.66. The van der Waals surface area contributed by atoms with Gasteiger partial charge in [0.2, 0.25) is 5.78 Å². The van der Waals surface area contributed by atoms with Crippen LogP contribution in [0.3, 0.4) is 0 Å². The Kier molecular flexibility index (Phi) is 4.37. The minimum absolute atomic E-state index is 0.516. The maximum absolute atomic E-state index is 11.5. The van der Waals surface area contributed by atoms with Gasteiger partial charge in [-0.05, 0) is 12.5 Å². The van der Waals surface area contributed by atoms with Gasteiger partial charge in [-0.15, -0.1) is 0 Å². The molecule has 0 spiro atoms. The molecule has 90 valence electrons. The molecule has 0 bridgehead atoms. The van der Waals surface area contributed by atoms with E-state index >= 15 is 0 Å². The Balaban J connectivity index is 2.80. The third-order valence-electron chi connectivity index (χ3n) is 2.16. The van der Waals surface area contributed by atoms with Gasteiger partial charge in [0.25, 0.3) is 0 Å². The van der Waals surface area contributed by atoms with Crippen molar-refractivity contribution in [1.29, 1.82) is 0 Å². The van der Waals surface area contributed by atoms with E-state index in [9.17, 15) is 9.59 Å². The van der Waals surface area contributed by atoms with Crippen molar-refractivity contribution in [2.45, 2.75) is 26.4 Å². The van der Waals surface area contributed by atoms with E-state index in [0.29, 0.717) is 12.0 Å². The first kappa shape index (κ1) is 12.9. The van der Waals surface area contributed by atoms with Gasteiger partial charge in [0.15, 0.2) is 0 Å². The molecule has 0 fully saturated rings. The first-order chi connectivity index (χ1) is 8.10. The summed E-state index contributed by atoms with van der Waals surface area (Å²) < 4.78 is 9.92. The molecule has 0 amide bonds. The molecular formula is C11H12N2O4. The lowest BCUT2D eigenvalue weighted by atomic mass is 10.1. The summed E-state index contributed by atoms with van der Waals surface area (Å²) >= 11 is 0. The topological polar surface area (TPSA) is 92.9 Å². The van der Waals surface area contributed by atoms with Crippen LogP contribution in [0.5, 0.6) is 0 Å². The maximum atomic E-state index is 11.5. The fraction of sp³-hybridized carbons (Fsp3) is 0.364. The van der Waals surface area contributed by atoms with Gasteiger partial charge in [0.05, 0.1) is 12.5 Å². The molecule has 1 heterocycles. The minimum atomic E-state index is -0.951. The molecule has 0 saturated heterocycles. The van der Waals surface area contributed by atoms with Gasteiger partial charge in [0, 0.05) is 12.5 Å². The van der Waals surface area contributed by atoms with Crippen LogP contribution in [-0.2, 0) is 14.3 Å². The molecule has 0 N–H and O–H groups in total. The fourth-order valence-corrected chi connectivity index (χ4v) is 1.29. The van der Waals surface area contributed by atoms with Crippen LogP contribution in [0.15, 0.2) is 23.0 Å². The van der Waals surface area contributed by atoms with E-state index in [1.807, 2.05) is 6.92 Å². The Morgan fingerprint density at radius 1 is 1.59 bits per heavy atom. The first-order valence-electron chi connectivity index (χ1n) is 5.06. The highest BCUT2D eigenvalue weighted by atomic mass is 16.5. The number of esters is 1. The Morgan fingerprint density at radius 3 is 2.71 bits per heavy atom. The van der Waals surface area contributed by atoms with Crippen molar-refractivity contribution in [3.05, 3.63) is 29.7 Å². The van der Waals surface area contributed by atoms with Gasteiger partial charge in [-0.1, -0.05) is 6.92 Å². The fourth-order valence-electron chi connectivity index (χ4n) is 1.29. The Morgan fingerprint density at radius 2 is 2.29 bits per heavy atom. The van der Waals surface area contributed by atoms with Crippen molar-refractivity contribution in [1.82, 2.24) is 0 Å². The quantitative estimate of drug-likeness (QED) is 0.255. The van der Waals surface area contributed by atoms with E-state index in [2.05, 4.69) is 4.79 Å². The monoisotopic (exact) mass is 236 g/mol. The standard InChI is InChI=1S/C11H12N2O4/c1-3-9(8-4-5-16-6-8)17-11(15)10(13-12)7(2)14/h4-6,9H,3H2,1-2H3. The van der Waals surface area contributed by atoms with Crippen LogP contribution in [0.4, 0.5) is 0 Å². The van der Waals surface area contributed by atoms with Crippen molar-refractivity contribution >= 4 is 17.5 Å². The average molecular weight is 236 g/mol. The second-order valence-electron chi connectivity index (χ2n) is 3.36. The number of ketones is 1. The number of rotatable bonds is 5. The van der Waals surface area contributed by atoms with Crippen molar-refractivity contribution in [2.24, 2.45) is 0 Å². The molecule has 1 aromatic rings. The molecule has 6 heteroatoms. The lowest BCUT2D eigenvalue weighted by molar-refractivity contribution is -0.147. The van der Waals surface area contributed by atoms with Crippen LogP contribution in [0.1, 0.15) is 31.9 Å². The highest BCUT2D eigenvalue weighted by Crippen LogP contribution is 2.21. The van der Waals surface area contributed by atoms with Gasteiger partial charge in [-0.2, -0.15) is 4.79 Å². The van der Waals surface area contributed by atoms with Gasteiger partial charge >= 0.3 is 11.7 Å². The third kappa shape index (κ3) is 3.12. The van der Waals surface area contributed by atoms with Crippen molar-refractivity contribution in [2.75, 3.05) is 0 Å². The SMILES string of the molecule is CCC(OC(=O)C(=[N+]=[N-])C(C)=O)c1ccoc1. The van der Waals surface area contributed by atoms with Crippen LogP contribution < -0.4 is 0 Å². The summed E-state index contributed by atoms with van der Waals surface area (Å²) in [7, 11) is 0. The van der Waals surface area contributed by atoms with Crippen LogP contribution in [0.2, 0.25) is 0 Å². The largest absolute Gasteiger partial charge is 0.472 e. The Labute approximate surface area is 97.8 Å². The van der Waals surface area contributed by atoms with Gasteiger partial charge < -0.3 is 14.7 Å². The lowest BCUT2D eigenvalue weighted by Gasteiger charge is -2.11. The van der Waals surface area contributed by atoms with Crippen molar-refractivity contribution < 1.29 is 23.5 Å². The minimum Gasteiger partial charge on any atom is -0.472 e. The number of carbonyl (C=O) groups excluding carboxylic acids is 2. The predicted octanol–water partition coefficient (Wildman–Crippen LogP) is 1.53. The molecule has 0 radical (unpaired) electrons. The summed E-state index contributed by atoms with van der Waals surface area (Å²) in [5.41, 5.74) is 8.59. The zero-order chi connectivity index (χ0) is 12.8. The summed E-state index contributed by atoms with van der Waals surface area (Å²) in [4.78, 5) is 25.1. The number of carbonyl (C=O) groups is 2. The first-order valence-corrected chi connectivity index (χ1v) is 5.06. The molecule has 0 aliphatic carbocycles. The zero-order valence-electron chi connectivity index (χ0n) is 9.54. The van der Waals surface area contributed by atoms with Gasteiger partial charge in [0.1, 0.15) is 6.10 Å². The molecule has 0 aliphatic heterocycles. The van der Waals surface area contributed by atoms with Crippen LogP contribution in [-0.4, -0.2) is 22.3 Å². The number of nitrogens with zero attached hydrogens (tertiary/aromatic N) is 2. The van der Waals surface area contributed by atoms with Gasteiger partial charge in [-0.3, -0.25) is 4.79 Å². The van der Waals surface area contributed by atoms with Crippen molar-refractivity contribution in [3.8, 4) is 0 Å². The molecule has 6 nitrogen and oxygen atoms in total. The number of Topliss-reactive ketones (excluding diaryl/α,β-unsaturated/α-hetero) is 1. The second kappa shape index (κ2) is 5.77.